The fourth-order valence-electron chi connectivity index (χ4n) is 3.98. The molecule has 1 heterocycles. The Morgan fingerprint density at radius 1 is 1.07 bits per heavy atom. The molecule has 1 fully saturated rings. The normalized spacial score (nSPS) is 16.4. The van der Waals surface area contributed by atoms with E-state index in [0.717, 1.165) is 31.4 Å². The highest BCUT2D eigenvalue weighted by Crippen LogP contribution is 2.37. The van der Waals surface area contributed by atoms with E-state index < -0.39 is 0 Å². The predicted molar refractivity (Wildman–Crippen MR) is 107 cm³/mol. The summed E-state index contributed by atoms with van der Waals surface area (Å²) in [5, 5.41) is 0. The number of methoxy groups -OCH3 is 2. The summed E-state index contributed by atoms with van der Waals surface area (Å²) < 4.78 is 10.8. The lowest BCUT2D eigenvalue weighted by Crippen LogP contribution is -2.30. The molecule has 0 aromatic heterocycles. The molecule has 27 heavy (non-hydrogen) atoms. The average Bonchev–Trinajstić information content (AvgIpc) is 3.16. The van der Waals surface area contributed by atoms with E-state index in [0.29, 0.717) is 17.9 Å². The predicted octanol–water partition coefficient (Wildman–Crippen LogP) is 4.62. The summed E-state index contributed by atoms with van der Waals surface area (Å²) in [5.74, 6) is 1.66. The molecule has 1 aliphatic rings. The van der Waals surface area contributed by atoms with Crippen LogP contribution >= 0.6 is 0 Å². The first-order valence-corrected chi connectivity index (χ1v) is 9.61. The Morgan fingerprint density at radius 3 is 2.56 bits per heavy atom. The maximum Gasteiger partial charge on any atom is 0.223 e. The van der Waals surface area contributed by atoms with Crippen LogP contribution in [0.25, 0.3) is 0 Å². The van der Waals surface area contributed by atoms with Crippen molar-refractivity contribution in [3.05, 3.63) is 58.7 Å². The van der Waals surface area contributed by atoms with Crippen LogP contribution in [0.3, 0.4) is 0 Å². The van der Waals surface area contributed by atoms with Gasteiger partial charge in [-0.1, -0.05) is 29.8 Å². The molecule has 1 saturated heterocycles. The SMILES string of the molecule is COc1ccc([C@H]2CCCN2C(=O)CCc2ccc(C)cc2C)cc1OC. The van der Waals surface area contributed by atoms with Gasteiger partial charge in [0.2, 0.25) is 5.91 Å². The Bertz CT molecular complexity index is 815. The van der Waals surface area contributed by atoms with E-state index in [9.17, 15) is 4.79 Å². The molecule has 2 aromatic carbocycles. The average molecular weight is 367 g/mol. The summed E-state index contributed by atoms with van der Waals surface area (Å²) in [6.45, 7) is 5.04. The molecule has 0 unspecified atom stereocenters. The smallest absolute Gasteiger partial charge is 0.223 e. The molecular weight excluding hydrogens is 338 g/mol. The molecule has 0 spiro atoms. The number of ether oxygens (including phenoxy) is 2. The second-order valence-electron chi connectivity index (χ2n) is 7.29. The molecular formula is C23H29NO3. The third kappa shape index (κ3) is 4.26. The highest BCUT2D eigenvalue weighted by molar-refractivity contribution is 5.77. The first kappa shape index (κ1) is 19.3. The third-order valence-electron chi connectivity index (χ3n) is 5.47. The maximum atomic E-state index is 12.9. The van der Waals surface area contributed by atoms with Gasteiger partial charge in [-0.3, -0.25) is 4.79 Å². The number of benzene rings is 2. The zero-order valence-electron chi connectivity index (χ0n) is 16.7. The van der Waals surface area contributed by atoms with Gasteiger partial charge in [-0.05, 0) is 61.9 Å². The molecule has 1 aliphatic heterocycles. The summed E-state index contributed by atoms with van der Waals surface area (Å²) in [7, 11) is 3.28. The number of likely N-dealkylation sites (tertiary alicyclic amines) is 1. The van der Waals surface area contributed by atoms with Gasteiger partial charge in [0, 0.05) is 13.0 Å². The maximum absolute atomic E-state index is 12.9. The van der Waals surface area contributed by atoms with Crippen molar-refractivity contribution < 1.29 is 14.3 Å². The van der Waals surface area contributed by atoms with E-state index >= 15 is 0 Å². The topological polar surface area (TPSA) is 38.8 Å². The molecule has 1 amide bonds. The van der Waals surface area contributed by atoms with E-state index in [2.05, 4.69) is 32.0 Å². The van der Waals surface area contributed by atoms with Crippen LogP contribution in [0.4, 0.5) is 0 Å². The molecule has 144 valence electrons. The fraction of sp³-hybridized carbons (Fsp3) is 0.435. The van der Waals surface area contributed by atoms with Gasteiger partial charge in [0.25, 0.3) is 0 Å². The van der Waals surface area contributed by atoms with Crippen molar-refractivity contribution in [2.45, 2.75) is 45.6 Å². The van der Waals surface area contributed by atoms with Crippen molar-refractivity contribution in [3.8, 4) is 11.5 Å². The third-order valence-corrected chi connectivity index (χ3v) is 5.47. The number of nitrogens with zero attached hydrogens (tertiary/aromatic N) is 1. The van der Waals surface area contributed by atoms with Crippen LogP contribution in [0.2, 0.25) is 0 Å². The molecule has 3 rings (SSSR count). The van der Waals surface area contributed by atoms with Crippen LogP contribution in [0, 0.1) is 13.8 Å². The lowest BCUT2D eigenvalue weighted by atomic mass is 10.0. The minimum absolute atomic E-state index is 0.122. The summed E-state index contributed by atoms with van der Waals surface area (Å²) in [6.07, 6.45) is 3.37. The summed E-state index contributed by atoms with van der Waals surface area (Å²) in [4.78, 5) is 15.0. The van der Waals surface area contributed by atoms with Crippen LogP contribution < -0.4 is 9.47 Å². The Balaban J connectivity index is 1.71. The molecule has 0 N–H and O–H groups in total. The van der Waals surface area contributed by atoms with Crippen molar-refractivity contribution in [1.82, 2.24) is 4.90 Å². The van der Waals surface area contributed by atoms with Crippen LogP contribution in [-0.2, 0) is 11.2 Å². The first-order chi connectivity index (χ1) is 13.0. The molecule has 4 heteroatoms. The summed E-state index contributed by atoms with van der Waals surface area (Å²) in [6, 6.07) is 12.5. The highest BCUT2D eigenvalue weighted by Gasteiger charge is 2.30. The second-order valence-corrected chi connectivity index (χ2v) is 7.29. The zero-order chi connectivity index (χ0) is 19.4. The number of carbonyl (C=O) groups is 1. The van der Waals surface area contributed by atoms with Crippen LogP contribution in [0.15, 0.2) is 36.4 Å². The van der Waals surface area contributed by atoms with Crippen LogP contribution in [0.5, 0.6) is 11.5 Å². The van der Waals surface area contributed by atoms with Gasteiger partial charge in [0.1, 0.15) is 0 Å². The van der Waals surface area contributed by atoms with Gasteiger partial charge in [0.05, 0.1) is 20.3 Å². The highest BCUT2D eigenvalue weighted by atomic mass is 16.5. The van der Waals surface area contributed by atoms with Gasteiger partial charge < -0.3 is 14.4 Å². The zero-order valence-corrected chi connectivity index (χ0v) is 16.7. The van der Waals surface area contributed by atoms with Crippen molar-refractivity contribution >= 4 is 5.91 Å². The molecule has 0 radical (unpaired) electrons. The quantitative estimate of drug-likeness (QED) is 0.748. The molecule has 4 nitrogen and oxygen atoms in total. The Hall–Kier alpha value is -2.49. The van der Waals surface area contributed by atoms with Gasteiger partial charge >= 0.3 is 0 Å². The Kier molecular flexibility index (Phi) is 6.04. The van der Waals surface area contributed by atoms with E-state index in [1.165, 1.54) is 16.7 Å². The molecule has 0 aliphatic carbocycles. The Labute approximate surface area is 162 Å². The van der Waals surface area contributed by atoms with Crippen molar-refractivity contribution in [3.63, 3.8) is 0 Å². The largest absolute Gasteiger partial charge is 0.493 e. The minimum Gasteiger partial charge on any atom is -0.493 e. The molecule has 0 bridgehead atoms. The molecule has 0 saturated carbocycles. The number of amides is 1. The summed E-state index contributed by atoms with van der Waals surface area (Å²) in [5.41, 5.74) is 4.90. The van der Waals surface area contributed by atoms with E-state index in [-0.39, 0.29) is 11.9 Å². The van der Waals surface area contributed by atoms with Gasteiger partial charge in [0.15, 0.2) is 11.5 Å². The van der Waals surface area contributed by atoms with Crippen molar-refractivity contribution in [2.24, 2.45) is 0 Å². The second kappa shape index (κ2) is 8.47. The number of carbonyl (C=O) groups excluding carboxylic acids is 1. The molecule has 1 atom stereocenters. The molecule has 2 aromatic rings. The monoisotopic (exact) mass is 367 g/mol. The van der Waals surface area contributed by atoms with Gasteiger partial charge in [-0.25, -0.2) is 0 Å². The number of hydrogen-bond donors (Lipinski definition) is 0. The minimum atomic E-state index is 0.122. The van der Waals surface area contributed by atoms with Crippen LogP contribution in [0.1, 0.15) is 47.6 Å². The van der Waals surface area contributed by atoms with E-state index in [1.54, 1.807) is 14.2 Å². The summed E-state index contributed by atoms with van der Waals surface area (Å²) >= 11 is 0. The Morgan fingerprint density at radius 2 is 1.85 bits per heavy atom. The number of hydrogen-bond acceptors (Lipinski definition) is 3. The standard InChI is InChI=1S/C23H29NO3/c1-16-7-8-18(17(2)14-16)10-12-23(25)24-13-5-6-20(24)19-9-11-21(26-3)22(15-19)27-4/h7-9,11,14-15,20H,5-6,10,12-13H2,1-4H3/t20-/m1/s1. The van der Waals surface area contributed by atoms with E-state index in [1.807, 2.05) is 23.1 Å². The van der Waals surface area contributed by atoms with Crippen molar-refractivity contribution in [2.75, 3.05) is 20.8 Å². The van der Waals surface area contributed by atoms with Gasteiger partial charge in [-0.2, -0.15) is 0 Å². The number of aryl methyl sites for hydroxylation is 3. The lowest BCUT2D eigenvalue weighted by Gasteiger charge is -2.26. The fourth-order valence-corrected chi connectivity index (χ4v) is 3.98. The number of rotatable bonds is 6. The van der Waals surface area contributed by atoms with E-state index in [4.69, 9.17) is 9.47 Å². The lowest BCUT2D eigenvalue weighted by molar-refractivity contribution is -0.132. The van der Waals surface area contributed by atoms with Gasteiger partial charge in [-0.15, -0.1) is 0 Å². The van der Waals surface area contributed by atoms with Crippen molar-refractivity contribution in [1.29, 1.82) is 0 Å². The van der Waals surface area contributed by atoms with Crippen LogP contribution in [-0.4, -0.2) is 31.6 Å². The first-order valence-electron chi connectivity index (χ1n) is 9.61.